The normalized spacial score (nSPS) is 14.7. The molecule has 1 unspecified atom stereocenters. The number of Topliss-reactive ketones (excluding diaryl/α,β-unsaturated/α-hetero) is 1. The van der Waals surface area contributed by atoms with E-state index in [4.69, 9.17) is 4.74 Å². The number of aromatic amines is 1. The van der Waals surface area contributed by atoms with Gasteiger partial charge in [0.1, 0.15) is 5.75 Å². The lowest BCUT2D eigenvalue weighted by molar-refractivity contribution is -0.138. The van der Waals surface area contributed by atoms with Crippen LogP contribution in [0.2, 0.25) is 0 Å². The number of nitrogens with zero attached hydrogens (tertiary/aromatic N) is 1. The van der Waals surface area contributed by atoms with Crippen LogP contribution in [0, 0.1) is 0 Å². The second-order valence-electron chi connectivity index (χ2n) is 6.98. The number of ether oxygens (including phenoxy) is 1. The molecule has 1 N–H and O–H groups in total. The summed E-state index contributed by atoms with van der Waals surface area (Å²) in [6, 6.07) is 15.1. The number of nitrogens with one attached hydrogen (secondary N) is 1. The van der Waals surface area contributed by atoms with E-state index in [1.54, 1.807) is 31.2 Å². The molecular formula is C22H22N2O3. The van der Waals surface area contributed by atoms with Gasteiger partial charge in [0.05, 0.1) is 0 Å². The summed E-state index contributed by atoms with van der Waals surface area (Å²) in [5.74, 6) is 0.570. The Bertz CT molecular complexity index is 1000. The van der Waals surface area contributed by atoms with Crippen molar-refractivity contribution in [3.8, 4) is 5.75 Å². The molecule has 5 nitrogen and oxygen atoms in total. The van der Waals surface area contributed by atoms with Gasteiger partial charge in [-0.3, -0.25) is 9.59 Å². The molecule has 1 aromatic heterocycles. The first-order chi connectivity index (χ1) is 13.0. The Kier molecular flexibility index (Phi) is 4.44. The van der Waals surface area contributed by atoms with Crippen LogP contribution in [0.15, 0.2) is 48.5 Å². The van der Waals surface area contributed by atoms with Crippen LogP contribution < -0.4 is 4.74 Å². The fourth-order valence-electron chi connectivity index (χ4n) is 3.63. The molecule has 0 aliphatic carbocycles. The smallest absolute Gasteiger partial charge is 0.263 e. The maximum absolute atomic E-state index is 12.9. The Balaban J connectivity index is 1.47. The molecule has 138 valence electrons. The third-order valence-electron chi connectivity index (χ3n) is 5.12. The van der Waals surface area contributed by atoms with Crippen molar-refractivity contribution in [1.82, 2.24) is 9.88 Å². The number of amides is 1. The van der Waals surface area contributed by atoms with E-state index in [0.29, 0.717) is 24.4 Å². The Hall–Kier alpha value is -3.08. The van der Waals surface area contributed by atoms with Gasteiger partial charge in [0.25, 0.3) is 5.91 Å². The van der Waals surface area contributed by atoms with Gasteiger partial charge in [-0.05, 0) is 44.2 Å². The lowest BCUT2D eigenvalue weighted by atomic mass is 10.0. The standard InChI is InChI=1S/C22H22N2O3/c1-14(25)16-7-9-17(10-8-16)27-15(2)22(26)24-12-11-21-19(13-24)18-5-3-4-6-20(18)23-21/h3-10,15,23H,11-13H2,1-2H3. The van der Waals surface area contributed by atoms with E-state index in [0.717, 1.165) is 11.9 Å². The summed E-state index contributed by atoms with van der Waals surface area (Å²) < 4.78 is 5.81. The van der Waals surface area contributed by atoms with Crippen LogP contribution in [0.25, 0.3) is 10.9 Å². The number of aromatic nitrogens is 1. The minimum atomic E-state index is -0.583. The lowest BCUT2D eigenvalue weighted by Crippen LogP contribution is -2.43. The van der Waals surface area contributed by atoms with E-state index in [1.165, 1.54) is 23.6 Å². The number of para-hydroxylation sites is 1. The number of rotatable bonds is 4. The highest BCUT2D eigenvalue weighted by molar-refractivity contribution is 5.94. The van der Waals surface area contributed by atoms with Crippen molar-refractivity contribution < 1.29 is 14.3 Å². The summed E-state index contributed by atoms with van der Waals surface area (Å²) in [6.07, 6.45) is 0.232. The fraction of sp³-hybridized carbons (Fsp3) is 0.273. The van der Waals surface area contributed by atoms with Gasteiger partial charge in [-0.25, -0.2) is 0 Å². The molecule has 0 bridgehead atoms. The summed E-state index contributed by atoms with van der Waals surface area (Å²) in [4.78, 5) is 29.6. The second kappa shape index (κ2) is 6.91. The number of hydrogen-bond acceptors (Lipinski definition) is 3. The topological polar surface area (TPSA) is 62.4 Å². The highest BCUT2D eigenvalue weighted by Gasteiger charge is 2.27. The molecule has 1 amide bonds. The van der Waals surface area contributed by atoms with Crippen molar-refractivity contribution in [2.75, 3.05) is 6.54 Å². The Morgan fingerprint density at radius 3 is 2.59 bits per heavy atom. The third-order valence-corrected chi connectivity index (χ3v) is 5.12. The minimum Gasteiger partial charge on any atom is -0.481 e. The van der Waals surface area contributed by atoms with Gasteiger partial charge in [0.2, 0.25) is 0 Å². The number of carbonyl (C=O) groups excluding carboxylic acids is 2. The quantitative estimate of drug-likeness (QED) is 0.720. The van der Waals surface area contributed by atoms with Gasteiger partial charge in [-0.2, -0.15) is 0 Å². The number of H-pyrrole nitrogens is 1. The molecule has 1 atom stereocenters. The zero-order valence-electron chi connectivity index (χ0n) is 15.5. The van der Waals surface area contributed by atoms with Crippen LogP contribution in [0.5, 0.6) is 5.75 Å². The summed E-state index contributed by atoms with van der Waals surface area (Å²) in [6.45, 7) is 4.56. The number of carbonyl (C=O) groups is 2. The van der Waals surface area contributed by atoms with Gasteiger partial charge in [0.15, 0.2) is 11.9 Å². The van der Waals surface area contributed by atoms with E-state index < -0.39 is 6.10 Å². The number of hydrogen-bond donors (Lipinski definition) is 1. The Morgan fingerprint density at radius 1 is 1.11 bits per heavy atom. The van der Waals surface area contributed by atoms with Crippen molar-refractivity contribution in [2.45, 2.75) is 32.9 Å². The predicted octanol–water partition coefficient (Wildman–Crippen LogP) is 3.72. The highest BCUT2D eigenvalue weighted by atomic mass is 16.5. The van der Waals surface area contributed by atoms with Crippen LogP contribution in [-0.2, 0) is 17.8 Å². The fourth-order valence-corrected chi connectivity index (χ4v) is 3.63. The summed E-state index contributed by atoms with van der Waals surface area (Å²) in [5.41, 5.74) is 4.16. The van der Waals surface area contributed by atoms with E-state index >= 15 is 0 Å². The molecule has 0 fully saturated rings. The molecule has 0 spiro atoms. The maximum Gasteiger partial charge on any atom is 0.263 e. The van der Waals surface area contributed by atoms with Crippen LogP contribution in [-0.4, -0.2) is 34.2 Å². The van der Waals surface area contributed by atoms with Crippen LogP contribution in [0.1, 0.15) is 35.5 Å². The molecule has 4 rings (SSSR count). The number of ketones is 1. The molecule has 3 aromatic rings. The average Bonchev–Trinajstić information content (AvgIpc) is 3.05. The SMILES string of the molecule is CC(=O)c1ccc(OC(C)C(=O)N2CCc3[nH]c4ccccc4c3C2)cc1. The first-order valence-corrected chi connectivity index (χ1v) is 9.18. The van der Waals surface area contributed by atoms with Crippen LogP contribution >= 0.6 is 0 Å². The van der Waals surface area contributed by atoms with Crippen LogP contribution in [0.4, 0.5) is 0 Å². The summed E-state index contributed by atoms with van der Waals surface area (Å²) >= 11 is 0. The molecular weight excluding hydrogens is 340 g/mol. The molecule has 1 aliphatic rings. The molecule has 2 aromatic carbocycles. The monoisotopic (exact) mass is 362 g/mol. The van der Waals surface area contributed by atoms with E-state index in [2.05, 4.69) is 17.1 Å². The van der Waals surface area contributed by atoms with Crippen molar-refractivity contribution in [3.05, 3.63) is 65.4 Å². The molecule has 0 radical (unpaired) electrons. The molecule has 5 heteroatoms. The first kappa shape index (κ1) is 17.3. The summed E-state index contributed by atoms with van der Waals surface area (Å²) in [7, 11) is 0. The van der Waals surface area contributed by atoms with E-state index in [9.17, 15) is 9.59 Å². The first-order valence-electron chi connectivity index (χ1n) is 9.18. The largest absolute Gasteiger partial charge is 0.481 e. The minimum absolute atomic E-state index is 0.00789. The van der Waals surface area contributed by atoms with Gasteiger partial charge < -0.3 is 14.6 Å². The Labute approximate surface area is 157 Å². The summed E-state index contributed by atoms with van der Waals surface area (Å²) in [5, 5.41) is 1.18. The van der Waals surface area contributed by atoms with E-state index in [1.807, 2.05) is 17.0 Å². The molecule has 1 aliphatic heterocycles. The molecule has 27 heavy (non-hydrogen) atoms. The van der Waals surface area contributed by atoms with Crippen molar-refractivity contribution in [2.24, 2.45) is 0 Å². The molecule has 2 heterocycles. The number of fused-ring (bicyclic) bond motifs is 3. The zero-order chi connectivity index (χ0) is 19.0. The van der Waals surface area contributed by atoms with Crippen molar-refractivity contribution >= 4 is 22.6 Å². The molecule has 0 saturated heterocycles. The van der Waals surface area contributed by atoms with Gasteiger partial charge in [-0.1, -0.05) is 18.2 Å². The second-order valence-corrected chi connectivity index (χ2v) is 6.98. The number of benzene rings is 2. The maximum atomic E-state index is 12.9. The highest BCUT2D eigenvalue weighted by Crippen LogP contribution is 2.28. The van der Waals surface area contributed by atoms with E-state index in [-0.39, 0.29) is 11.7 Å². The van der Waals surface area contributed by atoms with Crippen molar-refractivity contribution in [3.63, 3.8) is 0 Å². The Morgan fingerprint density at radius 2 is 1.85 bits per heavy atom. The van der Waals surface area contributed by atoms with Crippen LogP contribution in [0.3, 0.4) is 0 Å². The van der Waals surface area contributed by atoms with Gasteiger partial charge >= 0.3 is 0 Å². The average molecular weight is 362 g/mol. The zero-order valence-corrected chi connectivity index (χ0v) is 15.5. The molecule has 0 saturated carbocycles. The van der Waals surface area contributed by atoms with Crippen molar-refractivity contribution in [1.29, 1.82) is 0 Å². The third kappa shape index (κ3) is 3.33. The van der Waals surface area contributed by atoms with Gasteiger partial charge in [-0.15, -0.1) is 0 Å². The van der Waals surface area contributed by atoms with Gasteiger partial charge in [0, 0.05) is 47.2 Å². The predicted molar refractivity (Wildman–Crippen MR) is 104 cm³/mol. The lowest BCUT2D eigenvalue weighted by Gasteiger charge is -2.29.